The van der Waals surface area contributed by atoms with Crippen molar-refractivity contribution in [2.75, 3.05) is 13.2 Å². The number of hydrogen-bond donors (Lipinski definition) is 1. The molecule has 0 unspecified atom stereocenters. The number of aliphatic hydroxyl groups excluding tert-OH is 1. The van der Waals surface area contributed by atoms with Gasteiger partial charge in [-0.05, 0) is 44.4 Å². The standard InChI is InChI=1S/C17H21FN2O2/c18-14-5-3-4-13(10-14)16-11-19-17(22-16)12-20(15-6-7-15)8-1-2-9-21/h3-5,10-11,15,21H,1-2,6-9,12H2. The van der Waals surface area contributed by atoms with Crippen LogP contribution in [0.5, 0.6) is 0 Å². The van der Waals surface area contributed by atoms with Crippen molar-refractivity contribution in [1.29, 1.82) is 0 Å². The number of aromatic nitrogens is 1. The molecule has 0 saturated heterocycles. The molecule has 0 spiro atoms. The first-order valence-electron chi connectivity index (χ1n) is 7.82. The molecule has 1 aromatic heterocycles. The number of oxazole rings is 1. The van der Waals surface area contributed by atoms with Crippen molar-refractivity contribution in [1.82, 2.24) is 9.88 Å². The molecule has 3 rings (SSSR count). The van der Waals surface area contributed by atoms with Crippen molar-refractivity contribution in [2.45, 2.75) is 38.3 Å². The maximum absolute atomic E-state index is 13.3. The number of unbranched alkanes of at least 4 members (excludes halogenated alkanes) is 1. The second kappa shape index (κ2) is 7.03. The number of aliphatic hydroxyl groups is 1. The van der Waals surface area contributed by atoms with E-state index in [-0.39, 0.29) is 12.4 Å². The zero-order chi connectivity index (χ0) is 15.4. The van der Waals surface area contributed by atoms with Gasteiger partial charge in [0.1, 0.15) is 5.82 Å². The maximum Gasteiger partial charge on any atom is 0.209 e. The third-order valence-corrected chi connectivity index (χ3v) is 3.92. The van der Waals surface area contributed by atoms with E-state index in [2.05, 4.69) is 9.88 Å². The number of benzene rings is 1. The highest BCUT2D eigenvalue weighted by Crippen LogP contribution is 2.29. The van der Waals surface area contributed by atoms with Crippen molar-refractivity contribution in [3.63, 3.8) is 0 Å². The van der Waals surface area contributed by atoms with Gasteiger partial charge in [0.2, 0.25) is 5.89 Å². The van der Waals surface area contributed by atoms with E-state index in [1.807, 2.05) is 6.07 Å². The molecule has 0 radical (unpaired) electrons. The Morgan fingerprint density at radius 1 is 1.32 bits per heavy atom. The van der Waals surface area contributed by atoms with Crippen LogP contribution in [0.4, 0.5) is 4.39 Å². The second-order valence-electron chi connectivity index (χ2n) is 5.76. The molecule has 0 amide bonds. The largest absolute Gasteiger partial charge is 0.439 e. The quantitative estimate of drug-likeness (QED) is 0.761. The van der Waals surface area contributed by atoms with E-state index in [0.717, 1.165) is 19.4 Å². The SMILES string of the molecule is OCCCCN(Cc1ncc(-c2cccc(F)c2)o1)C1CC1. The molecule has 2 aromatic rings. The van der Waals surface area contributed by atoms with Crippen LogP contribution in [0.2, 0.25) is 0 Å². The molecule has 22 heavy (non-hydrogen) atoms. The van der Waals surface area contributed by atoms with Crippen molar-refractivity contribution >= 4 is 0 Å². The van der Waals surface area contributed by atoms with Crippen molar-refractivity contribution in [3.05, 3.63) is 42.2 Å². The van der Waals surface area contributed by atoms with E-state index in [1.165, 1.54) is 25.0 Å². The van der Waals surface area contributed by atoms with Gasteiger partial charge in [0.05, 0.1) is 12.7 Å². The number of nitrogens with zero attached hydrogens (tertiary/aromatic N) is 2. The normalized spacial score (nSPS) is 14.7. The van der Waals surface area contributed by atoms with Crippen molar-refractivity contribution in [3.8, 4) is 11.3 Å². The molecule has 118 valence electrons. The number of hydrogen-bond acceptors (Lipinski definition) is 4. The minimum Gasteiger partial charge on any atom is -0.439 e. The molecule has 1 saturated carbocycles. The Hall–Kier alpha value is -1.72. The van der Waals surface area contributed by atoms with Gasteiger partial charge in [-0.15, -0.1) is 0 Å². The monoisotopic (exact) mass is 304 g/mol. The van der Waals surface area contributed by atoms with Crippen LogP contribution in [0.3, 0.4) is 0 Å². The first-order valence-corrected chi connectivity index (χ1v) is 7.82. The fourth-order valence-corrected chi connectivity index (χ4v) is 2.59. The van der Waals surface area contributed by atoms with Crippen LogP contribution in [0.1, 0.15) is 31.6 Å². The molecule has 0 bridgehead atoms. The van der Waals surface area contributed by atoms with Gasteiger partial charge in [0.25, 0.3) is 0 Å². The number of halogens is 1. The molecule has 1 aromatic carbocycles. The third-order valence-electron chi connectivity index (χ3n) is 3.92. The summed E-state index contributed by atoms with van der Waals surface area (Å²) in [6.45, 7) is 1.86. The topological polar surface area (TPSA) is 49.5 Å². The average molecular weight is 304 g/mol. The van der Waals surface area contributed by atoms with Crippen LogP contribution >= 0.6 is 0 Å². The fraction of sp³-hybridized carbons (Fsp3) is 0.471. The molecular weight excluding hydrogens is 283 g/mol. The summed E-state index contributed by atoms with van der Waals surface area (Å²) in [5.74, 6) is 0.981. The van der Waals surface area contributed by atoms with Gasteiger partial charge in [0, 0.05) is 18.2 Å². The van der Waals surface area contributed by atoms with Gasteiger partial charge in [-0.2, -0.15) is 0 Å². The summed E-state index contributed by atoms with van der Waals surface area (Å²) in [5.41, 5.74) is 0.706. The van der Waals surface area contributed by atoms with Crippen LogP contribution in [-0.4, -0.2) is 34.2 Å². The molecule has 1 N–H and O–H groups in total. The van der Waals surface area contributed by atoms with Crippen molar-refractivity contribution < 1.29 is 13.9 Å². The van der Waals surface area contributed by atoms with E-state index in [1.54, 1.807) is 12.3 Å². The van der Waals surface area contributed by atoms with Crippen LogP contribution < -0.4 is 0 Å². The van der Waals surface area contributed by atoms with Crippen LogP contribution in [-0.2, 0) is 6.54 Å². The maximum atomic E-state index is 13.3. The summed E-state index contributed by atoms with van der Waals surface area (Å²) >= 11 is 0. The second-order valence-corrected chi connectivity index (χ2v) is 5.76. The van der Waals surface area contributed by atoms with E-state index < -0.39 is 0 Å². The molecule has 1 aliphatic rings. The third kappa shape index (κ3) is 3.93. The fourth-order valence-electron chi connectivity index (χ4n) is 2.59. The lowest BCUT2D eigenvalue weighted by Gasteiger charge is -2.19. The Morgan fingerprint density at radius 3 is 2.91 bits per heavy atom. The predicted molar refractivity (Wildman–Crippen MR) is 81.6 cm³/mol. The smallest absolute Gasteiger partial charge is 0.209 e. The number of rotatable bonds is 8. The molecule has 0 aliphatic heterocycles. The van der Waals surface area contributed by atoms with E-state index in [0.29, 0.717) is 29.8 Å². The van der Waals surface area contributed by atoms with Gasteiger partial charge < -0.3 is 9.52 Å². The molecule has 4 nitrogen and oxygen atoms in total. The van der Waals surface area contributed by atoms with Crippen LogP contribution in [0, 0.1) is 5.82 Å². The van der Waals surface area contributed by atoms with Gasteiger partial charge in [0.15, 0.2) is 5.76 Å². The summed E-state index contributed by atoms with van der Waals surface area (Å²) < 4.78 is 19.0. The highest BCUT2D eigenvalue weighted by molar-refractivity contribution is 5.56. The lowest BCUT2D eigenvalue weighted by molar-refractivity contribution is 0.212. The Kier molecular flexibility index (Phi) is 4.85. The van der Waals surface area contributed by atoms with E-state index in [9.17, 15) is 4.39 Å². The average Bonchev–Trinajstić information content (AvgIpc) is 3.26. The highest BCUT2D eigenvalue weighted by atomic mass is 19.1. The van der Waals surface area contributed by atoms with E-state index >= 15 is 0 Å². The molecule has 1 heterocycles. The molecule has 0 atom stereocenters. The summed E-state index contributed by atoms with van der Waals surface area (Å²) in [7, 11) is 0. The molecule has 1 fully saturated rings. The first-order chi connectivity index (χ1) is 10.8. The highest BCUT2D eigenvalue weighted by Gasteiger charge is 2.29. The molecule has 5 heteroatoms. The zero-order valence-electron chi connectivity index (χ0n) is 12.5. The Bertz CT molecular complexity index is 610. The predicted octanol–water partition coefficient (Wildman–Crippen LogP) is 3.22. The van der Waals surface area contributed by atoms with Crippen LogP contribution in [0.25, 0.3) is 11.3 Å². The van der Waals surface area contributed by atoms with Crippen LogP contribution in [0.15, 0.2) is 34.9 Å². The molecule has 1 aliphatic carbocycles. The van der Waals surface area contributed by atoms with Gasteiger partial charge in [-0.1, -0.05) is 12.1 Å². The van der Waals surface area contributed by atoms with E-state index in [4.69, 9.17) is 9.52 Å². The zero-order valence-corrected chi connectivity index (χ0v) is 12.5. The van der Waals surface area contributed by atoms with Crippen molar-refractivity contribution in [2.24, 2.45) is 0 Å². The first kappa shape index (κ1) is 15.2. The summed E-state index contributed by atoms with van der Waals surface area (Å²) in [4.78, 5) is 6.68. The minimum atomic E-state index is -0.279. The Balaban J connectivity index is 1.65. The molecular formula is C17H21FN2O2. The summed E-state index contributed by atoms with van der Waals surface area (Å²) in [6.07, 6.45) is 5.89. The Labute approximate surface area is 129 Å². The Morgan fingerprint density at radius 2 is 2.18 bits per heavy atom. The van der Waals surface area contributed by atoms with Gasteiger partial charge >= 0.3 is 0 Å². The minimum absolute atomic E-state index is 0.237. The van der Waals surface area contributed by atoms with Gasteiger partial charge in [-0.3, -0.25) is 4.90 Å². The lowest BCUT2D eigenvalue weighted by Crippen LogP contribution is -2.27. The lowest BCUT2D eigenvalue weighted by atomic mass is 10.2. The summed E-state index contributed by atoms with van der Waals surface area (Å²) in [5, 5.41) is 8.89. The summed E-state index contributed by atoms with van der Waals surface area (Å²) in [6, 6.07) is 6.95. The van der Waals surface area contributed by atoms with Gasteiger partial charge in [-0.25, -0.2) is 9.37 Å².